The standard InChI is InChI=1S/C12H8Cl2N6O/c13-7-1-2-8(14)9(5-7)21-12-18-10(15)17-11(19-12)20-4-3-16-6-20/h1-6H,(H2,15,17,18,19). The Morgan fingerprint density at radius 1 is 1.14 bits per heavy atom. The molecule has 2 aromatic heterocycles. The van der Waals surface area contributed by atoms with Gasteiger partial charge in [0.15, 0.2) is 5.75 Å². The lowest BCUT2D eigenvalue weighted by atomic mass is 10.3. The van der Waals surface area contributed by atoms with Crippen molar-refractivity contribution in [3.63, 3.8) is 0 Å². The van der Waals surface area contributed by atoms with Gasteiger partial charge in [0.1, 0.15) is 6.33 Å². The van der Waals surface area contributed by atoms with Crippen molar-refractivity contribution < 1.29 is 4.74 Å². The summed E-state index contributed by atoms with van der Waals surface area (Å²) < 4.78 is 7.09. The Bertz CT molecular complexity index is 777. The zero-order valence-corrected chi connectivity index (χ0v) is 12.0. The van der Waals surface area contributed by atoms with E-state index in [2.05, 4.69) is 19.9 Å². The topological polar surface area (TPSA) is 91.7 Å². The van der Waals surface area contributed by atoms with Gasteiger partial charge in [-0.1, -0.05) is 23.2 Å². The van der Waals surface area contributed by atoms with Crippen molar-refractivity contribution >= 4 is 29.2 Å². The molecule has 2 heterocycles. The third-order valence-electron chi connectivity index (χ3n) is 2.45. The summed E-state index contributed by atoms with van der Waals surface area (Å²) in [6, 6.07) is 4.83. The molecule has 106 valence electrons. The first-order valence-corrected chi connectivity index (χ1v) is 6.50. The highest BCUT2D eigenvalue weighted by Gasteiger charge is 2.10. The second-order valence-corrected chi connectivity index (χ2v) is 4.77. The Morgan fingerprint density at radius 2 is 2.00 bits per heavy atom. The first-order valence-electron chi connectivity index (χ1n) is 5.74. The van der Waals surface area contributed by atoms with Crippen molar-refractivity contribution in [3.05, 3.63) is 47.0 Å². The number of hydrogen-bond donors (Lipinski definition) is 1. The van der Waals surface area contributed by atoms with Gasteiger partial charge in [0.05, 0.1) is 5.02 Å². The summed E-state index contributed by atoms with van der Waals surface area (Å²) >= 11 is 11.9. The summed E-state index contributed by atoms with van der Waals surface area (Å²) in [6.45, 7) is 0. The van der Waals surface area contributed by atoms with Crippen molar-refractivity contribution in [1.29, 1.82) is 0 Å². The number of halogens is 2. The molecule has 7 nitrogen and oxygen atoms in total. The lowest BCUT2D eigenvalue weighted by Crippen LogP contribution is -2.06. The average molecular weight is 323 g/mol. The molecule has 0 radical (unpaired) electrons. The molecular formula is C12H8Cl2N6O. The predicted octanol–water partition coefficient (Wildman–Crippen LogP) is 2.74. The van der Waals surface area contributed by atoms with E-state index in [1.54, 1.807) is 35.2 Å². The number of nitrogens with zero attached hydrogens (tertiary/aromatic N) is 5. The molecule has 0 bridgehead atoms. The van der Waals surface area contributed by atoms with Crippen LogP contribution in [0.1, 0.15) is 0 Å². The van der Waals surface area contributed by atoms with Crippen LogP contribution in [0.5, 0.6) is 11.8 Å². The normalized spacial score (nSPS) is 10.6. The van der Waals surface area contributed by atoms with Gasteiger partial charge in [-0.3, -0.25) is 4.57 Å². The Hall–Kier alpha value is -2.38. The molecule has 0 atom stereocenters. The lowest BCUT2D eigenvalue weighted by molar-refractivity contribution is 0.439. The Kier molecular flexibility index (Phi) is 3.59. The average Bonchev–Trinajstić information content (AvgIpc) is 2.96. The fourth-order valence-corrected chi connectivity index (χ4v) is 1.87. The quantitative estimate of drug-likeness (QED) is 0.797. The molecular weight excluding hydrogens is 315 g/mol. The van der Waals surface area contributed by atoms with Crippen LogP contribution >= 0.6 is 23.2 Å². The van der Waals surface area contributed by atoms with Crippen molar-refractivity contribution in [1.82, 2.24) is 24.5 Å². The number of nitrogen functional groups attached to an aromatic ring is 1. The highest BCUT2D eigenvalue weighted by Crippen LogP contribution is 2.30. The molecule has 3 rings (SSSR count). The molecule has 3 aromatic rings. The van der Waals surface area contributed by atoms with Crippen molar-refractivity contribution in [2.24, 2.45) is 0 Å². The van der Waals surface area contributed by atoms with Gasteiger partial charge < -0.3 is 10.5 Å². The maximum absolute atomic E-state index is 6.02. The number of hydrogen-bond acceptors (Lipinski definition) is 6. The van der Waals surface area contributed by atoms with Crippen LogP contribution in [0.15, 0.2) is 36.9 Å². The van der Waals surface area contributed by atoms with Crippen LogP contribution in [-0.4, -0.2) is 24.5 Å². The van der Waals surface area contributed by atoms with Crippen LogP contribution in [-0.2, 0) is 0 Å². The predicted molar refractivity (Wildman–Crippen MR) is 77.9 cm³/mol. The van der Waals surface area contributed by atoms with Gasteiger partial charge in [0.2, 0.25) is 11.9 Å². The molecule has 0 unspecified atom stereocenters. The third kappa shape index (κ3) is 3.04. The number of ether oxygens (including phenoxy) is 1. The van der Waals surface area contributed by atoms with Gasteiger partial charge >= 0.3 is 6.01 Å². The number of imidazole rings is 1. The minimum Gasteiger partial charge on any atom is -0.422 e. The van der Waals surface area contributed by atoms with Crippen LogP contribution in [0.25, 0.3) is 5.95 Å². The van der Waals surface area contributed by atoms with E-state index >= 15 is 0 Å². The fraction of sp³-hybridized carbons (Fsp3) is 0. The number of rotatable bonds is 3. The van der Waals surface area contributed by atoms with E-state index in [-0.39, 0.29) is 17.9 Å². The first-order chi connectivity index (χ1) is 10.1. The maximum atomic E-state index is 6.02. The molecule has 0 saturated carbocycles. The monoisotopic (exact) mass is 322 g/mol. The molecule has 0 aliphatic carbocycles. The summed E-state index contributed by atoms with van der Waals surface area (Å²) in [5, 5.41) is 0.855. The Labute approximate surface area is 129 Å². The molecule has 0 fully saturated rings. The van der Waals surface area contributed by atoms with E-state index in [0.717, 1.165) is 0 Å². The molecule has 0 spiro atoms. The molecule has 0 amide bonds. The van der Waals surface area contributed by atoms with Crippen molar-refractivity contribution in [2.45, 2.75) is 0 Å². The van der Waals surface area contributed by atoms with Gasteiger partial charge in [0, 0.05) is 23.5 Å². The number of anilines is 1. The minimum absolute atomic E-state index is 0.00960. The number of nitrogens with two attached hydrogens (primary N) is 1. The van der Waals surface area contributed by atoms with Crippen LogP contribution in [0, 0.1) is 0 Å². The van der Waals surface area contributed by atoms with E-state index in [1.165, 1.54) is 6.33 Å². The van der Waals surface area contributed by atoms with Gasteiger partial charge in [0.25, 0.3) is 0 Å². The Morgan fingerprint density at radius 3 is 2.76 bits per heavy atom. The van der Waals surface area contributed by atoms with Gasteiger partial charge in [-0.05, 0) is 12.1 Å². The van der Waals surface area contributed by atoms with E-state index in [0.29, 0.717) is 15.8 Å². The van der Waals surface area contributed by atoms with Crippen LogP contribution in [0.2, 0.25) is 10.0 Å². The van der Waals surface area contributed by atoms with Gasteiger partial charge in [-0.15, -0.1) is 0 Å². The molecule has 0 saturated heterocycles. The summed E-state index contributed by atoms with van der Waals surface area (Å²) in [7, 11) is 0. The fourth-order valence-electron chi connectivity index (χ4n) is 1.55. The summed E-state index contributed by atoms with van der Waals surface area (Å²) in [5.74, 6) is 0.626. The lowest BCUT2D eigenvalue weighted by Gasteiger charge is -2.08. The number of aromatic nitrogens is 5. The third-order valence-corrected chi connectivity index (χ3v) is 3.00. The molecule has 1 aromatic carbocycles. The molecule has 0 aliphatic heterocycles. The molecule has 9 heteroatoms. The zero-order valence-electron chi connectivity index (χ0n) is 10.4. The van der Waals surface area contributed by atoms with Crippen LogP contribution < -0.4 is 10.5 Å². The highest BCUT2D eigenvalue weighted by atomic mass is 35.5. The zero-order chi connectivity index (χ0) is 14.8. The van der Waals surface area contributed by atoms with Crippen molar-refractivity contribution in [2.75, 3.05) is 5.73 Å². The second-order valence-electron chi connectivity index (χ2n) is 3.92. The van der Waals surface area contributed by atoms with E-state index in [1.807, 2.05) is 0 Å². The summed E-state index contributed by atoms with van der Waals surface area (Å²) in [4.78, 5) is 16.0. The highest BCUT2D eigenvalue weighted by molar-refractivity contribution is 6.34. The molecule has 0 aliphatic rings. The first kappa shape index (κ1) is 13.6. The largest absolute Gasteiger partial charge is 0.422 e. The SMILES string of the molecule is Nc1nc(Oc2cc(Cl)ccc2Cl)nc(-n2ccnc2)n1. The van der Waals surface area contributed by atoms with E-state index in [9.17, 15) is 0 Å². The maximum Gasteiger partial charge on any atom is 0.328 e. The summed E-state index contributed by atoms with van der Waals surface area (Å²) in [6.07, 6.45) is 4.80. The minimum atomic E-state index is 0.00960. The number of benzene rings is 1. The van der Waals surface area contributed by atoms with Crippen molar-refractivity contribution in [3.8, 4) is 17.7 Å². The second kappa shape index (κ2) is 5.55. The van der Waals surface area contributed by atoms with Crippen LogP contribution in [0.3, 0.4) is 0 Å². The van der Waals surface area contributed by atoms with E-state index < -0.39 is 0 Å². The summed E-state index contributed by atoms with van der Waals surface area (Å²) in [5.41, 5.74) is 5.65. The van der Waals surface area contributed by atoms with Crippen LogP contribution in [0.4, 0.5) is 5.95 Å². The molecule has 2 N–H and O–H groups in total. The van der Waals surface area contributed by atoms with E-state index in [4.69, 9.17) is 33.7 Å². The molecule has 21 heavy (non-hydrogen) atoms. The van der Waals surface area contributed by atoms with Gasteiger partial charge in [-0.2, -0.15) is 15.0 Å². The van der Waals surface area contributed by atoms with Gasteiger partial charge in [-0.25, -0.2) is 4.98 Å². The smallest absolute Gasteiger partial charge is 0.328 e. The Balaban J connectivity index is 1.97.